The maximum absolute atomic E-state index is 5.60. The Morgan fingerprint density at radius 3 is 2.09 bits per heavy atom. The van der Waals surface area contributed by atoms with Crippen LogP contribution in [0.4, 0.5) is 0 Å². The van der Waals surface area contributed by atoms with E-state index in [9.17, 15) is 0 Å². The quantitative estimate of drug-likeness (QED) is 0.488. The summed E-state index contributed by atoms with van der Waals surface area (Å²) in [6, 6.07) is 2.00. The van der Waals surface area contributed by atoms with Crippen molar-refractivity contribution >= 4 is 0 Å². The van der Waals surface area contributed by atoms with E-state index in [0.29, 0.717) is 30.7 Å². The van der Waals surface area contributed by atoms with Gasteiger partial charge in [-0.3, -0.25) is 0 Å². The summed E-state index contributed by atoms with van der Waals surface area (Å²) < 4.78 is 0. The minimum atomic E-state index is 0.432. The second kappa shape index (κ2) is 3.52. The molecule has 0 unspecified atom stereocenters. The smallest absolute Gasteiger partial charge is 0.0344 e. The van der Waals surface area contributed by atoms with E-state index in [1.807, 2.05) is 0 Å². The van der Waals surface area contributed by atoms with Crippen molar-refractivity contribution in [3.63, 3.8) is 0 Å². The first-order valence-electron chi connectivity index (χ1n) is 4.37. The maximum atomic E-state index is 5.60. The van der Waals surface area contributed by atoms with Crippen LogP contribution in [0.3, 0.4) is 0 Å². The van der Waals surface area contributed by atoms with E-state index in [1.165, 1.54) is 0 Å². The zero-order valence-corrected chi connectivity index (χ0v) is 7.59. The van der Waals surface area contributed by atoms with Gasteiger partial charge in [-0.05, 0) is 20.8 Å². The molecule has 1 aliphatic heterocycles. The SMILES string of the molecule is C[C@@H]1N[C@H](C)[C@@H](CN)N[C@@H]1C. The second-order valence-corrected chi connectivity index (χ2v) is 3.54. The summed E-state index contributed by atoms with van der Waals surface area (Å²) in [6.45, 7) is 7.27. The molecule has 1 saturated heterocycles. The molecule has 0 radical (unpaired) electrons. The van der Waals surface area contributed by atoms with E-state index < -0.39 is 0 Å². The summed E-state index contributed by atoms with van der Waals surface area (Å²) in [5, 5.41) is 6.97. The summed E-state index contributed by atoms with van der Waals surface area (Å²) in [7, 11) is 0. The van der Waals surface area contributed by atoms with Crippen LogP contribution in [0.5, 0.6) is 0 Å². The van der Waals surface area contributed by atoms with Gasteiger partial charge in [0.15, 0.2) is 0 Å². The van der Waals surface area contributed by atoms with Gasteiger partial charge in [0.2, 0.25) is 0 Å². The molecule has 1 fully saturated rings. The topological polar surface area (TPSA) is 50.1 Å². The van der Waals surface area contributed by atoms with Crippen LogP contribution in [0.1, 0.15) is 20.8 Å². The first-order valence-corrected chi connectivity index (χ1v) is 4.37. The third-order valence-corrected chi connectivity index (χ3v) is 2.61. The van der Waals surface area contributed by atoms with Crippen LogP contribution in [-0.2, 0) is 0 Å². The molecule has 1 heterocycles. The zero-order valence-electron chi connectivity index (χ0n) is 7.59. The van der Waals surface area contributed by atoms with Gasteiger partial charge in [-0.15, -0.1) is 0 Å². The van der Waals surface area contributed by atoms with Gasteiger partial charge in [0, 0.05) is 30.7 Å². The molecule has 1 rings (SSSR count). The molecule has 0 saturated carbocycles. The average Bonchev–Trinajstić information content (AvgIpc) is 1.97. The number of nitrogens with one attached hydrogen (secondary N) is 2. The molecule has 66 valence electrons. The number of hydrogen-bond donors (Lipinski definition) is 3. The molecular weight excluding hydrogens is 138 g/mol. The Labute approximate surface area is 68.7 Å². The summed E-state index contributed by atoms with van der Waals surface area (Å²) in [6.07, 6.45) is 0. The molecule has 1 aliphatic rings. The molecule has 0 bridgehead atoms. The minimum Gasteiger partial charge on any atom is -0.329 e. The predicted molar refractivity (Wildman–Crippen MR) is 47.5 cm³/mol. The highest BCUT2D eigenvalue weighted by Gasteiger charge is 2.27. The summed E-state index contributed by atoms with van der Waals surface area (Å²) in [5.74, 6) is 0. The lowest BCUT2D eigenvalue weighted by Gasteiger charge is -2.39. The lowest BCUT2D eigenvalue weighted by atomic mass is 10.00. The minimum absolute atomic E-state index is 0.432. The molecule has 0 amide bonds. The van der Waals surface area contributed by atoms with E-state index in [0.717, 1.165) is 0 Å². The number of hydrogen-bond acceptors (Lipinski definition) is 3. The van der Waals surface area contributed by atoms with Gasteiger partial charge < -0.3 is 16.4 Å². The van der Waals surface area contributed by atoms with Gasteiger partial charge in [-0.2, -0.15) is 0 Å². The third-order valence-electron chi connectivity index (χ3n) is 2.61. The van der Waals surface area contributed by atoms with Crippen LogP contribution < -0.4 is 16.4 Å². The summed E-state index contributed by atoms with van der Waals surface area (Å²) in [4.78, 5) is 0. The fourth-order valence-electron chi connectivity index (χ4n) is 1.57. The highest BCUT2D eigenvalue weighted by atomic mass is 15.1. The van der Waals surface area contributed by atoms with Gasteiger partial charge >= 0.3 is 0 Å². The van der Waals surface area contributed by atoms with Crippen molar-refractivity contribution in [2.45, 2.75) is 44.9 Å². The average molecular weight is 157 g/mol. The van der Waals surface area contributed by atoms with E-state index in [-0.39, 0.29) is 0 Å². The summed E-state index contributed by atoms with van der Waals surface area (Å²) >= 11 is 0. The van der Waals surface area contributed by atoms with Crippen LogP contribution >= 0.6 is 0 Å². The van der Waals surface area contributed by atoms with Crippen molar-refractivity contribution in [3.05, 3.63) is 0 Å². The van der Waals surface area contributed by atoms with E-state index in [2.05, 4.69) is 31.4 Å². The van der Waals surface area contributed by atoms with Crippen molar-refractivity contribution in [2.75, 3.05) is 6.54 Å². The molecule has 3 heteroatoms. The molecular formula is C8H19N3. The van der Waals surface area contributed by atoms with Gasteiger partial charge in [0.1, 0.15) is 0 Å². The van der Waals surface area contributed by atoms with E-state index >= 15 is 0 Å². The first kappa shape index (κ1) is 8.97. The van der Waals surface area contributed by atoms with Crippen molar-refractivity contribution in [2.24, 2.45) is 5.73 Å². The highest BCUT2D eigenvalue weighted by molar-refractivity contribution is 4.92. The van der Waals surface area contributed by atoms with E-state index in [1.54, 1.807) is 0 Å². The summed E-state index contributed by atoms with van der Waals surface area (Å²) in [5.41, 5.74) is 5.60. The number of rotatable bonds is 1. The molecule has 3 nitrogen and oxygen atoms in total. The maximum Gasteiger partial charge on any atom is 0.0344 e. The standard InChI is InChI=1S/C8H19N3/c1-5-6(2)11-8(4-9)7(3)10-5/h5-8,10-11H,4,9H2,1-3H3/t5-,6+,7+,8+/m0/s1. The van der Waals surface area contributed by atoms with Gasteiger partial charge in [0.05, 0.1) is 0 Å². The predicted octanol–water partition coefficient (Wildman–Crippen LogP) is -0.328. The number of piperazine rings is 1. The van der Waals surface area contributed by atoms with Crippen molar-refractivity contribution < 1.29 is 0 Å². The monoisotopic (exact) mass is 157 g/mol. The third kappa shape index (κ3) is 1.92. The molecule has 0 aliphatic carbocycles. The molecule has 11 heavy (non-hydrogen) atoms. The Hall–Kier alpha value is -0.120. The Kier molecular flexibility index (Phi) is 2.87. The van der Waals surface area contributed by atoms with Crippen LogP contribution in [0.2, 0.25) is 0 Å². The zero-order chi connectivity index (χ0) is 8.43. The Morgan fingerprint density at radius 2 is 1.55 bits per heavy atom. The highest BCUT2D eigenvalue weighted by Crippen LogP contribution is 2.05. The van der Waals surface area contributed by atoms with Crippen molar-refractivity contribution in [1.29, 1.82) is 0 Å². The van der Waals surface area contributed by atoms with Gasteiger partial charge in [0.25, 0.3) is 0 Å². The Balaban J connectivity index is 2.48. The van der Waals surface area contributed by atoms with Gasteiger partial charge in [-0.25, -0.2) is 0 Å². The molecule has 0 aromatic rings. The fourth-order valence-corrected chi connectivity index (χ4v) is 1.57. The Morgan fingerprint density at radius 1 is 1.00 bits per heavy atom. The van der Waals surface area contributed by atoms with E-state index in [4.69, 9.17) is 5.73 Å². The van der Waals surface area contributed by atoms with Gasteiger partial charge in [-0.1, -0.05) is 0 Å². The normalized spacial score (nSPS) is 45.8. The molecule has 4 N–H and O–H groups in total. The molecule has 0 spiro atoms. The van der Waals surface area contributed by atoms with Crippen molar-refractivity contribution in [3.8, 4) is 0 Å². The first-order chi connectivity index (χ1) is 5.15. The Bertz CT molecular complexity index is 127. The fraction of sp³-hybridized carbons (Fsp3) is 1.00. The van der Waals surface area contributed by atoms with Crippen LogP contribution in [0.25, 0.3) is 0 Å². The van der Waals surface area contributed by atoms with Crippen LogP contribution in [-0.4, -0.2) is 30.7 Å². The number of nitrogens with two attached hydrogens (primary N) is 1. The second-order valence-electron chi connectivity index (χ2n) is 3.54. The molecule has 4 atom stereocenters. The molecule has 0 aromatic heterocycles. The van der Waals surface area contributed by atoms with Crippen molar-refractivity contribution in [1.82, 2.24) is 10.6 Å². The largest absolute Gasteiger partial charge is 0.329 e. The van der Waals surface area contributed by atoms with Crippen LogP contribution in [0, 0.1) is 0 Å². The molecule has 0 aromatic carbocycles. The lowest BCUT2D eigenvalue weighted by molar-refractivity contribution is 0.242. The lowest BCUT2D eigenvalue weighted by Crippen LogP contribution is -2.65. The van der Waals surface area contributed by atoms with Crippen LogP contribution in [0.15, 0.2) is 0 Å².